The maximum Gasteiger partial charge on any atom is 0.128 e. The van der Waals surface area contributed by atoms with E-state index in [9.17, 15) is 0 Å². The maximum atomic E-state index is 4.80. The Morgan fingerprint density at radius 2 is 2.25 bits per heavy atom. The Bertz CT molecular complexity index is 280. The molecular formula is C12H21N3O. The summed E-state index contributed by atoms with van der Waals surface area (Å²) in [6.45, 7) is 6.75. The van der Waals surface area contributed by atoms with Gasteiger partial charge < -0.3 is 14.7 Å². The molecule has 1 N–H and O–H groups in total. The topological polar surface area (TPSA) is 41.3 Å². The van der Waals surface area contributed by atoms with Crippen molar-refractivity contribution in [3.8, 4) is 0 Å². The number of nitrogens with one attached hydrogen (secondary N) is 1. The number of likely N-dealkylation sites (tertiary alicyclic amines) is 1. The van der Waals surface area contributed by atoms with Gasteiger partial charge in [-0.25, -0.2) is 0 Å². The van der Waals surface area contributed by atoms with E-state index < -0.39 is 0 Å². The zero-order chi connectivity index (χ0) is 11.2. The molecule has 1 atom stereocenters. The summed E-state index contributed by atoms with van der Waals surface area (Å²) in [5.41, 5.74) is 1.12. The van der Waals surface area contributed by atoms with Crippen LogP contribution in [-0.4, -0.2) is 35.7 Å². The first-order valence-electron chi connectivity index (χ1n) is 6.18. The number of rotatable bonds is 5. The second-order valence-corrected chi connectivity index (χ2v) is 4.68. The van der Waals surface area contributed by atoms with Gasteiger partial charge in [0.1, 0.15) is 6.26 Å². The van der Waals surface area contributed by atoms with Crippen molar-refractivity contribution in [1.82, 2.24) is 15.4 Å². The van der Waals surface area contributed by atoms with E-state index in [1.54, 1.807) is 12.5 Å². The third-order valence-corrected chi connectivity index (χ3v) is 3.12. The summed E-state index contributed by atoms with van der Waals surface area (Å²) < 4.78 is 4.80. The minimum Gasteiger partial charge on any atom is -0.364 e. The van der Waals surface area contributed by atoms with E-state index in [0.717, 1.165) is 18.7 Å². The van der Waals surface area contributed by atoms with Gasteiger partial charge in [0, 0.05) is 24.7 Å². The van der Waals surface area contributed by atoms with E-state index in [-0.39, 0.29) is 0 Å². The summed E-state index contributed by atoms with van der Waals surface area (Å²) in [5, 5.41) is 7.18. The van der Waals surface area contributed by atoms with Crippen LogP contribution in [0.3, 0.4) is 0 Å². The van der Waals surface area contributed by atoms with Crippen molar-refractivity contribution in [3.63, 3.8) is 0 Å². The van der Waals surface area contributed by atoms with Gasteiger partial charge in [-0.1, -0.05) is 11.6 Å². The van der Waals surface area contributed by atoms with Crippen LogP contribution in [0.2, 0.25) is 0 Å². The van der Waals surface area contributed by atoms with Crippen LogP contribution in [-0.2, 0) is 6.54 Å². The Kier molecular flexibility index (Phi) is 4.36. The maximum absolute atomic E-state index is 4.80. The summed E-state index contributed by atoms with van der Waals surface area (Å²) in [6.07, 6.45) is 7.58. The molecule has 4 nitrogen and oxygen atoms in total. The number of piperidine rings is 1. The van der Waals surface area contributed by atoms with Gasteiger partial charge in [0.2, 0.25) is 0 Å². The Labute approximate surface area is 97.0 Å². The molecule has 1 aromatic rings. The van der Waals surface area contributed by atoms with Gasteiger partial charge in [0.15, 0.2) is 0 Å². The number of nitrogens with zero attached hydrogens (tertiary/aromatic N) is 2. The van der Waals surface area contributed by atoms with Gasteiger partial charge in [-0.3, -0.25) is 0 Å². The zero-order valence-electron chi connectivity index (χ0n) is 9.98. The molecule has 0 saturated carbocycles. The highest BCUT2D eigenvalue weighted by Crippen LogP contribution is 2.08. The predicted molar refractivity (Wildman–Crippen MR) is 63.1 cm³/mol. The van der Waals surface area contributed by atoms with Crippen LogP contribution in [0.5, 0.6) is 0 Å². The number of hydrogen-bond donors (Lipinski definition) is 1. The van der Waals surface area contributed by atoms with Gasteiger partial charge in [-0.2, -0.15) is 0 Å². The SMILES string of the molecule is CC(CN1CCCCC1)NCc1cnoc1. The minimum atomic E-state index is 0.521. The average molecular weight is 223 g/mol. The van der Waals surface area contributed by atoms with E-state index in [2.05, 4.69) is 22.3 Å². The Morgan fingerprint density at radius 3 is 2.94 bits per heavy atom. The molecule has 1 fully saturated rings. The minimum absolute atomic E-state index is 0.521. The lowest BCUT2D eigenvalue weighted by molar-refractivity contribution is 0.209. The Hall–Kier alpha value is -0.870. The smallest absolute Gasteiger partial charge is 0.128 e. The molecule has 1 aromatic heterocycles. The molecule has 0 amide bonds. The highest BCUT2D eigenvalue weighted by atomic mass is 16.5. The van der Waals surface area contributed by atoms with E-state index in [1.165, 1.54) is 32.4 Å². The zero-order valence-corrected chi connectivity index (χ0v) is 9.98. The summed E-state index contributed by atoms with van der Waals surface area (Å²) in [6, 6.07) is 0.521. The molecule has 0 radical (unpaired) electrons. The third kappa shape index (κ3) is 3.61. The van der Waals surface area contributed by atoms with Crippen LogP contribution >= 0.6 is 0 Å². The van der Waals surface area contributed by atoms with Gasteiger partial charge in [0.05, 0.1) is 6.20 Å². The molecule has 1 aliphatic rings. The molecular weight excluding hydrogens is 202 g/mol. The van der Waals surface area contributed by atoms with Crippen molar-refractivity contribution >= 4 is 0 Å². The molecule has 0 spiro atoms. The number of hydrogen-bond acceptors (Lipinski definition) is 4. The van der Waals surface area contributed by atoms with Crippen LogP contribution in [0.15, 0.2) is 17.0 Å². The normalized spacial score (nSPS) is 19.8. The summed E-state index contributed by atoms with van der Waals surface area (Å²) >= 11 is 0. The highest BCUT2D eigenvalue weighted by molar-refractivity contribution is 4.99. The summed E-state index contributed by atoms with van der Waals surface area (Å²) in [5.74, 6) is 0. The molecule has 2 rings (SSSR count). The first kappa shape index (κ1) is 11.6. The molecule has 1 unspecified atom stereocenters. The summed E-state index contributed by atoms with van der Waals surface area (Å²) in [4.78, 5) is 2.55. The van der Waals surface area contributed by atoms with Crippen molar-refractivity contribution in [2.45, 2.75) is 38.8 Å². The largest absolute Gasteiger partial charge is 0.364 e. The standard InChI is InChI=1S/C12H21N3O/c1-11(9-15-5-3-2-4-6-15)13-7-12-8-14-16-10-12/h8,10-11,13H,2-7,9H2,1H3. The van der Waals surface area contributed by atoms with Crippen molar-refractivity contribution < 1.29 is 4.52 Å². The van der Waals surface area contributed by atoms with Gasteiger partial charge in [0.25, 0.3) is 0 Å². The lowest BCUT2D eigenvalue weighted by atomic mass is 10.1. The van der Waals surface area contributed by atoms with Crippen molar-refractivity contribution in [1.29, 1.82) is 0 Å². The first-order chi connectivity index (χ1) is 7.84. The van der Waals surface area contributed by atoms with Gasteiger partial charge >= 0.3 is 0 Å². The van der Waals surface area contributed by atoms with Gasteiger partial charge in [-0.05, 0) is 32.9 Å². The van der Waals surface area contributed by atoms with Crippen molar-refractivity contribution in [2.24, 2.45) is 0 Å². The fraction of sp³-hybridized carbons (Fsp3) is 0.750. The van der Waals surface area contributed by atoms with E-state index in [0.29, 0.717) is 6.04 Å². The van der Waals surface area contributed by atoms with E-state index in [1.807, 2.05) is 0 Å². The Morgan fingerprint density at radius 1 is 1.44 bits per heavy atom. The van der Waals surface area contributed by atoms with Crippen LogP contribution in [0.4, 0.5) is 0 Å². The van der Waals surface area contributed by atoms with E-state index >= 15 is 0 Å². The third-order valence-electron chi connectivity index (χ3n) is 3.12. The fourth-order valence-electron chi connectivity index (χ4n) is 2.20. The predicted octanol–water partition coefficient (Wildman–Crippen LogP) is 1.64. The fourth-order valence-corrected chi connectivity index (χ4v) is 2.20. The monoisotopic (exact) mass is 223 g/mol. The average Bonchev–Trinajstić information content (AvgIpc) is 2.81. The molecule has 2 heterocycles. The second-order valence-electron chi connectivity index (χ2n) is 4.68. The Balaban J connectivity index is 1.65. The van der Waals surface area contributed by atoms with Gasteiger partial charge in [-0.15, -0.1) is 0 Å². The summed E-state index contributed by atoms with van der Waals surface area (Å²) in [7, 11) is 0. The van der Waals surface area contributed by atoms with E-state index in [4.69, 9.17) is 4.52 Å². The number of aromatic nitrogens is 1. The molecule has 0 aliphatic carbocycles. The molecule has 0 aromatic carbocycles. The molecule has 1 aliphatic heterocycles. The quantitative estimate of drug-likeness (QED) is 0.824. The second kappa shape index (κ2) is 6.01. The molecule has 1 saturated heterocycles. The van der Waals surface area contributed by atoms with Crippen LogP contribution < -0.4 is 5.32 Å². The van der Waals surface area contributed by atoms with Crippen LogP contribution in [0.1, 0.15) is 31.7 Å². The highest BCUT2D eigenvalue weighted by Gasteiger charge is 2.12. The molecule has 4 heteroatoms. The lowest BCUT2D eigenvalue weighted by Crippen LogP contribution is -2.41. The molecule has 90 valence electrons. The first-order valence-corrected chi connectivity index (χ1v) is 6.18. The van der Waals surface area contributed by atoms with Crippen LogP contribution in [0.25, 0.3) is 0 Å². The lowest BCUT2D eigenvalue weighted by Gasteiger charge is -2.29. The van der Waals surface area contributed by atoms with Crippen LogP contribution in [0, 0.1) is 0 Å². The van der Waals surface area contributed by atoms with Crippen molar-refractivity contribution in [3.05, 3.63) is 18.0 Å². The molecule has 16 heavy (non-hydrogen) atoms. The molecule has 0 bridgehead atoms. The van der Waals surface area contributed by atoms with Crippen molar-refractivity contribution in [2.75, 3.05) is 19.6 Å².